The van der Waals surface area contributed by atoms with Crippen LogP contribution in [-0.4, -0.2) is 29.7 Å². The summed E-state index contributed by atoms with van der Waals surface area (Å²) in [4.78, 5) is 12.0. The van der Waals surface area contributed by atoms with E-state index in [2.05, 4.69) is 39.1 Å². The molecule has 0 fully saturated rings. The molecule has 4 heteroatoms. The molecule has 4 nitrogen and oxygen atoms in total. The first-order valence-corrected chi connectivity index (χ1v) is 8.75. The number of nitrogens with two attached hydrogens (primary N) is 1. The lowest BCUT2D eigenvalue weighted by Crippen LogP contribution is -2.35. The van der Waals surface area contributed by atoms with Gasteiger partial charge in [-0.05, 0) is 56.7 Å². The number of hydrogen-bond donors (Lipinski definition) is 3. The predicted octanol–water partition coefficient (Wildman–Crippen LogP) is 3.61. The van der Waals surface area contributed by atoms with E-state index in [1.807, 2.05) is 19.1 Å². The van der Waals surface area contributed by atoms with Crippen LogP contribution in [-0.2, 0) is 0 Å². The van der Waals surface area contributed by atoms with Crippen LogP contribution < -0.4 is 11.1 Å². The Hall–Kier alpha value is -1.39. The van der Waals surface area contributed by atoms with Gasteiger partial charge in [-0.3, -0.25) is 4.79 Å². The highest BCUT2D eigenvalue weighted by molar-refractivity contribution is 5.94. The van der Waals surface area contributed by atoms with E-state index in [0.717, 1.165) is 24.1 Å². The van der Waals surface area contributed by atoms with Crippen molar-refractivity contribution in [1.29, 1.82) is 0 Å². The molecule has 1 amide bonds. The van der Waals surface area contributed by atoms with Crippen molar-refractivity contribution in [2.75, 3.05) is 13.2 Å². The summed E-state index contributed by atoms with van der Waals surface area (Å²) in [6.45, 7) is 15.0. The fourth-order valence-electron chi connectivity index (χ4n) is 1.85. The van der Waals surface area contributed by atoms with E-state index in [4.69, 9.17) is 10.8 Å². The summed E-state index contributed by atoms with van der Waals surface area (Å²) in [6, 6.07) is 6.11. The minimum atomic E-state index is -0.403. The average molecular weight is 337 g/mol. The van der Waals surface area contributed by atoms with E-state index in [9.17, 15) is 4.79 Å². The van der Waals surface area contributed by atoms with Gasteiger partial charge in [0, 0.05) is 17.6 Å². The zero-order valence-corrected chi connectivity index (χ0v) is 16.4. The molecule has 0 aliphatic rings. The van der Waals surface area contributed by atoms with E-state index < -0.39 is 5.54 Å². The van der Waals surface area contributed by atoms with Crippen molar-refractivity contribution in [3.05, 3.63) is 34.9 Å². The molecule has 0 unspecified atom stereocenters. The largest absolute Gasteiger partial charge is 0.394 e. The number of nitrogens with one attached hydrogen (secondary N) is 1. The molecule has 0 radical (unpaired) electrons. The molecule has 4 N–H and O–H groups in total. The smallest absolute Gasteiger partial charge is 0.251 e. The molecule has 0 atom stereocenters. The van der Waals surface area contributed by atoms with Gasteiger partial charge >= 0.3 is 0 Å². The number of carbonyl (C=O) groups excluding carboxylic acids is 1. The maximum Gasteiger partial charge on any atom is 0.251 e. The second kappa shape index (κ2) is 10.5. The molecule has 0 heterocycles. The van der Waals surface area contributed by atoms with Crippen LogP contribution in [0.25, 0.3) is 0 Å². The lowest BCUT2D eigenvalue weighted by atomic mass is 9.98. The fourth-order valence-corrected chi connectivity index (χ4v) is 1.85. The molecular weight excluding hydrogens is 300 g/mol. The van der Waals surface area contributed by atoms with Gasteiger partial charge in [0.1, 0.15) is 0 Å². The summed E-state index contributed by atoms with van der Waals surface area (Å²) >= 11 is 0. The van der Waals surface area contributed by atoms with Gasteiger partial charge < -0.3 is 16.2 Å². The highest BCUT2D eigenvalue weighted by Gasteiger charge is 2.09. The van der Waals surface area contributed by atoms with Crippen LogP contribution >= 0.6 is 0 Å². The number of benzene rings is 1. The molecule has 0 spiro atoms. The molecule has 0 aliphatic heterocycles. The second-order valence-corrected chi connectivity index (χ2v) is 7.87. The van der Waals surface area contributed by atoms with Gasteiger partial charge in [-0.2, -0.15) is 0 Å². The summed E-state index contributed by atoms with van der Waals surface area (Å²) in [7, 11) is 0. The molecule has 0 bridgehead atoms. The SMILES string of the molecule is CC(C)(N)CO.Cc1cc(C(=O)NCCC(C)C)cc(C(C)C)c1. The van der Waals surface area contributed by atoms with E-state index >= 15 is 0 Å². The standard InChI is InChI=1S/C16H25NO.C4H11NO/c1-11(2)6-7-17-16(18)15-9-13(5)8-14(10-15)12(3)4;1-4(2,5)3-6/h8-12H,6-7H2,1-5H3,(H,17,18);6H,3,5H2,1-2H3. The molecule has 1 aromatic rings. The topological polar surface area (TPSA) is 75.3 Å². The second-order valence-electron chi connectivity index (χ2n) is 7.87. The van der Waals surface area contributed by atoms with Gasteiger partial charge in [-0.25, -0.2) is 0 Å². The summed E-state index contributed by atoms with van der Waals surface area (Å²) < 4.78 is 0. The predicted molar refractivity (Wildman–Crippen MR) is 102 cm³/mol. The van der Waals surface area contributed by atoms with Crippen LogP contribution in [0.4, 0.5) is 0 Å². The van der Waals surface area contributed by atoms with Gasteiger partial charge in [-0.15, -0.1) is 0 Å². The first-order chi connectivity index (χ1) is 11.0. The minimum absolute atomic E-state index is 0.0428. The normalized spacial score (nSPS) is 11.3. The summed E-state index contributed by atoms with van der Waals surface area (Å²) in [6.07, 6.45) is 1.02. The highest BCUT2D eigenvalue weighted by atomic mass is 16.3. The van der Waals surface area contributed by atoms with Gasteiger partial charge in [-0.1, -0.05) is 39.3 Å². The Labute approximate surface area is 147 Å². The third kappa shape index (κ3) is 10.4. The van der Waals surface area contributed by atoms with Crippen molar-refractivity contribution < 1.29 is 9.90 Å². The lowest BCUT2D eigenvalue weighted by Gasteiger charge is -2.12. The van der Waals surface area contributed by atoms with E-state index in [1.165, 1.54) is 5.56 Å². The minimum Gasteiger partial charge on any atom is -0.394 e. The first-order valence-electron chi connectivity index (χ1n) is 8.75. The quantitative estimate of drug-likeness (QED) is 0.743. The van der Waals surface area contributed by atoms with Crippen molar-refractivity contribution in [2.45, 2.75) is 66.3 Å². The summed E-state index contributed by atoms with van der Waals surface area (Å²) in [5.74, 6) is 1.11. The van der Waals surface area contributed by atoms with E-state index in [-0.39, 0.29) is 12.5 Å². The average Bonchev–Trinajstić information content (AvgIpc) is 2.46. The monoisotopic (exact) mass is 336 g/mol. The van der Waals surface area contributed by atoms with Crippen molar-refractivity contribution in [1.82, 2.24) is 5.32 Å². The number of amides is 1. The number of aliphatic hydroxyl groups excluding tert-OH is 1. The zero-order valence-electron chi connectivity index (χ0n) is 16.4. The summed E-state index contributed by atoms with van der Waals surface area (Å²) in [5, 5.41) is 11.3. The number of carbonyl (C=O) groups is 1. The van der Waals surface area contributed by atoms with Gasteiger partial charge in [0.25, 0.3) is 5.91 Å². The third-order valence-electron chi connectivity index (χ3n) is 3.44. The zero-order chi connectivity index (χ0) is 18.9. The molecule has 1 aromatic carbocycles. The summed E-state index contributed by atoms with van der Waals surface area (Å²) in [5.41, 5.74) is 8.04. The van der Waals surface area contributed by atoms with Crippen molar-refractivity contribution >= 4 is 5.91 Å². The van der Waals surface area contributed by atoms with Crippen molar-refractivity contribution in [2.24, 2.45) is 11.7 Å². The fraction of sp³-hybridized carbons (Fsp3) is 0.650. The first kappa shape index (κ1) is 22.6. The number of hydrogen-bond acceptors (Lipinski definition) is 3. The Morgan fingerprint density at radius 3 is 2.17 bits per heavy atom. The number of aliphatic hydroxyl groups is 1. The molecule has 0 saturated heterocycles. The van der Waals surface area contributed by atoms with Gasteiger partial charge in [0.2, 0.25) is 0 Å². The van der Waals surface area contributed by atoms with Crippen molar-refractivity contribution in [3.63, 3.8) is 0 Å². The lowest BCUT2D eigenvalue weighted by molar-refractivity contribution is 0.0952. The molecule has 0 aliphatic carbocycles. The van der Waals surface area contributed by atoms with Crippen LogP contribution in [0.1, 0.15) is 75.4 Å². The maximum atomic E-state index is 12.0. The van der Waals surface area contributed by atoms with Crippen LogP contribution in [0.3, 0.4) is 0 Å². The molecular formula is C20H36N2O2. The number of aryl methyl sites for hydroxylation is 1. The van der Waals surface area contributed by atoms with Gasteiger partial charge in [0.05, 0.1) is 6.61 Å². The Morgan fingerprint density at radius 2 is 1.75 bits per heavy atom. The molecule has 138 valence electrons. The van der Waals surface area contributed by atoms with E-state index in [0.29, 0.717) is 11.8 Å². The van der Waals surface area contributed by atoms with Crippen LogP contribution in [0.5, 0.6) is 0 Å². The van der Waals surface area contributed by atoms with Gasteiger partial charge in [0.15, 0.2) is 0 Å². The Bertz CT molecular complexity index is 503. The number of rotatable bonds is 6. The van der Waals surface area contributed by atoms with Crippen LogP contribution in [0, 0.1) is 12.8 Å². The maximum absolute atomic E-state index is 12.0. The Morgan fingerprint density at radius 1 is 1.21 bits per heavy atom. The Kier molecular flexibility index (Phi) is 9.86. The Balaban J connectivity index is 0.000000754. The van der Waals surface area contributed by atoms with Crippen molar-refractivity contribution in [3.8, 4) is 0 Å². The van der Waals surface area contributed by atoms with E-state index in [1.54, 1.807) is 13.8 Å². The highest BCUT2D eigenvalue weighted by Crippen LogP contribution is 2.18. The third-order valence-corrected chi connectivity index (χ3v) is 3.44. The van der Waals surface area contributed by atoms with Crippen LogP contribution in [0.15, 0.2) is 18.2 Å². The molecule has 0 saturated carbocycles. The molecule has 0 aromatic heterocycles. The molecule has 24 heavy (non-hydrogen) atoms. The van der Waals surface area contributed by atoms with Crippen LogP contribution in [0.2, 0.25) is 0 Å². The molecule has 1 rings (SSSR count).